The lowest BCUT2D eigenvalue weighted by atomic mass is 10.2. The van der Waals surface area contributed by atoms with E-state index in [1.165, 1.54) is 18.0 Å². The number of aromatic nitrogens is 2. The van der Waals surface area contributed by atoms with Crippen LogP contribution in [-0.4, -0.2) is 33.4 Å². The molecule has 0 spiro atoms. The number of rotatable bonds is 4. The molecule has 1 aromatic heterocycles. The summed E-state index contributed by atoms with van der Waals surface area (Å²) in [5.41, 5.74) is 2.20. The van der Waals surface area contributed by atoms with Gasteiger partial charge in [-0.15, -0.1) is 0 Å². The van der Waals surface area contributed by atoms with Gasteiger partial charge in [-0.3, -0.25) is 15.5 Å². The van der Waals surface area contributed by atoms with Gasteiger partial charge in [0.15, 0.2) is 5.03 Å². The molecule has 1 saturated heterocycles. The number of nitro groups is 1. The first kappa shape index (κ1) is 13.0. The maximum Gasteiger partial charge on any atom is 0.319 e. The largest absolute Gasteiger partial charge is 0.381 e. The van der Waals surface area contributed by atoms with E-state index in [-0.39, 0.29) is 16.9 Å². The standard InChI is InChI=1S/C9H13N5O3S/c10-13-9-11-5-7(14(15)16)8(12-9)18-6-1-3-17-4-2-6/h5-6H,1-4,10H2,(H,11,12,13). The number of anilines is 1. The summed E-state index contributed by atoms with van der Waals surface area (Å²) in [7, 11) is 0. The van der Waals surface area contributed by atoms with E-state index in [4.69, 9.17) is 10.6 Å². The predicted molar refractivity (Wildman–Crippen MR) is 66.2 cm³/mol. The number of hydrogen-bond acceptors (Lipinski definition) is 8. The molecule has 0 aromatic carbocycles. The van der Waals surface area contributed by atoms with Crippen molar-refractivity contribution in [3.05, 3.63) is 16.3 Å². The number of nitrogens with two attached hydrogens (primary N) is 1. The Bertz CT molecular complexity index is 438. The van der Waals surface area contributed by atoms with Gasteiger partial charge in [0.05, 0.1) is 4.92 Å². The first-order valence-corrected chi connectivity index (χ1v) is 6.31. The molecule has 18 heavy (non-hydrogen) atoms. The molecule has 0 saturated carbocycles. The van der Waals surface area contributed by atoms with E-state index in [1.807, 2.05) is 0 Å². The van der Waals surface area contributed by atoms with Crippen LogP contribution in [0.25, 0.3) is 0 Å². The Balaban J connectivity index is 2.19. The topological polar surface area (TPSA) is 116 Å². The quantitative estimate of drug-likeness (QED) is 0.359. The van der Waals surface area contributed by atoms with Crippen LogP contribution in [0.2, 0.25) is 0 Å². The van der Waals surface area contributed by atoms with E-state index in [0.29, 0.717) is 18.2 Å². The van der Waals surface area contributed by atoms with Crippen molar-refractivity contribution in [1.29, 1.82) is 0 Å². The Hall–Kier alpha value is -1.45. The number of nitrogen functional groups attached to an aromatic ring is 1. The second kappa shape index (κ2) is 5.94. The summed E-state index contributed by atoms with van der Waals surface area (Å²) in [5, 5.41) is 11.5. The number of nitrogens with one attached hydrogen (secondary N) is 1. The molecule has 1 aliphatic heterocycles. The minimum Gasteiger partial charge on any atom is -0.381 e. The van der Waals surface area contributed by atoms with E-state index < -0.39 is 4.92 Å². The first-order valence-electron chi connectivity index (χ1n) is 5.43. The molecule has 0 amide bonds. The van der Waals surface area contributed by atoms with Gasteiger partial charge in [-0.25, -0.2) is 10.8 Å². The van der Waals surface area contributed by atoms with Crippen LogP contribution in [0.4, 0.5) is 11.6 Å². The smallest absolute Gasteiger partial charge is 0.319 e. The van der Waals surface area contributed by atoms with E-state index >= 15 is 0 Å². The minimum atomic E-state index is -0.484. The van der Waals surface area contributed by atoms with Gasteiger partial charge in [0.25, 0.3) is 0 Å². The minimum absolute atomic E-state index is 0.0921. The molecular weight excluding hydrogens is 258 g/mol. The third-order valence-electron chi connectivity index (χ3n) is 2.51. The summed E-state index contributed by atoms with van der Waals surface area (Å²) in [6.07, 6.45) is 2.89. The molecule has 98 valence electrons. The molecule has 3 N–H and O–H groups in total. The molecule has 0 atom stereocenters. The first-order chi connectivity index (χ1) is 8.70. The summed E-state index contributed by atoms with van der Waals surface area (Å²) >= 11 is 1.38. The summed E-state index contributed by atoms with van der Waals surface area (Å²) in [6.45, 7) is 1.36. The second-order valence-electron chi connectivity index (χ2n) is 3.72. The van der Waals surface area contributed by atoms with Gasteiger partial charge < -0.3 is 4.74 Å². The average molecular weight is 271 g/mol. The fourth-order valence-corrected chi connectivity index (χ4v) is 2.72. The van der Waals surface area contributed by atoms with Gasteiger partial charge in [0, 0.05) is 18.5 Å². The number of ether oxygens (including phenoxy) is 1. The zero-order valence-corrected chi connectivity index (χ0v) is 10.4. The summed E-state index contributed by atoms with van der Waals surface area (Å²) in [4.78, 5) is 18.2. The lowest BCUT2D eigenvalue weighted by Gasteiger charge is -2.20. The van der Waals surface area contributed by atoms with E-state index in [1.54, 1.807) is 0 Å². The molecule has 2 heterocycles. The van der Waals surface area contributed by atoms with Gasteiger partial charge in [-0.1, -0.05) is 11.8 Å². The molecule has 0 radical (unpaired) electrons. The number of hydrazine groups is 1. The van der Waals surface area contributed by atoms with Crippen molar-refractivity contribution in [3.8, 4) is 0 Å². The Morgan fingerprint density at radius 3 is 2.89 bits per heavy atom. The maximum absolute atomic E-state index is 10.9. The van der Waals surface area contributed by atoms with Crippen LogP contribution < -0.4 is 11.3 Å². The highest BCUT2D eigenvalue weighted by Gasteiger charge is 2.23. The highest BCUT2D eigenvalue weighted by atomic mass is 32.2. The van der Waals surface area contributed by atoms with Crippen molar-refractivity contribution in [1.82, 2.24) is 9.97 Å². The number of nitrogens with zero attached hydrogens (tertiary/aromatic N) is 3. The van der Waals surface area contributed by atoms with Gasteiger partial charge in [0.1, 0.15) is 6.20 Å². The average Bonchev–Trinajstić information content (AvgIpc) is 2.39. The van der Waals surface area contributed by atoms with Gasteiger partial charge in [-0.2, -0.15) is 4.98 Å². The molecule has 2 rings (SSSR count). The Kier molecular flexibility index (Phi) is 4.28. The summed E-state index contributed by atoms with van der Waals surface area (Å²) < 4.78 is 5.25. The third-order valence-corrected chi connectivity index (χ3v) is 3.84. The molecule has 1 fully saturated rings. The van der Waals surface area contributed by atoms with Crippen LogP contribution in [-0.2, 0) is 4.74 Å². The Morgan fingerprint density at radius 2 is 2.28 bits per heavy atom. The Morgan fingerprint density at radius 1 is 1.56 bits per heavy atom. The van der Waals surface area contributed by atoms with Crippen molar-refractivity contribution in [2.45, 2.75) is 23.1 Å². The van der Waals surface area contributed by atoms with Crippen LogP contribution in [0, 0.1) is 10.1 Å². The van der Waals surface area contributed by atoms with E-state index in [0.717, 1.165) is 12.8 Å². The zero-order valence-electron chi connectivity index (χ0n) is 9.54. The molecule has 1 aliphatic rings. The molecule has 0 unspecified atom stereocenters. The molecule has 0 aliphatic carbocycles. The molecule has 9 heteroatoms. The molecule has 0 bridgehead atoms. The molecular formula is C9H13N5O3S. The normalized spacial score (nSPS) is 16.5. The molecule has 1 aromatic rings. The van der Waals surface area contributed by atoms with Crippen molar-refractivity contribution >= 4 is 23.4 Å². The highest BCUT2D eigenvalue weighted by Crippen LogP contribution is 2.34. The van der Waals surface area contributed by atoms with E-state index in [2.05, 4.69) is 15.4 Å². The van der Waals surface area contributed by atoms with Crippen molar-refractivity contribution in [3.63, 3.8) is 0 Å². The van der Waals surface area contributed by atoms with Crippen LogP contribution in [0.1, 0.15) is 12.8 Å². The maximum atomic E-state index is 10.9. The second-order valence-corrected chi connectivity index (χ2v) is 5.00. The summed E-state index contributed by atoms with van der Waals surface area (Å²) in [5.74, 6) is 5.38. The number of hydrogen-bond donors (Lipinski definition) is 2. The highest BCUT2D eigenvalue weighted by molar-refractivity contribution is 8.00. The van der Waals surface area contributed by atoms with Crippen LogP contribution in [0.5, 0.6) is 0 Å². The monoisotopic (exact) mass is 271 g/mol. The van der Waals surface area contributed by atoms with Gasteiger partial charge in [0.2, 0.25) is 5.95 Å². The van der Waals surface area contributed by atoms with Crippen LogP contribution >= 0.6 is 11.8 Å². The SMILES string of the molecule is NNc1ncc([N+](=O)[O-])c(SC2CCOCC2)n1. The van der Waals surface area contributed by atoms with Crippen molar-refractivity contribution in [2.75, 3.05) is 18.6 Å². The molecule has 8 nitrogen and oxygen atoms in total. The van der Waals surface area contributed by atoms with Crippen LogP contribution in [0.3, 0.4) is 0 Å². The predicted octanol–water partition coefficient (Wildman–Crippen LogP) is 0.941. The number of thioether (sulfide) groups is 1. The van der Waals surface area contributed by atoms with Gasteiger partial charge >= 0.3 is 5.69 Å². The van der Waals surface area contributed by atoms with Gasteiger partial charge in [-0.05, 0) is 12.8 Å². The van der Waals surface area contributed by atoms with Crippen molar-refractivity contribution in [2.24, 2.45) is 5.84 Å². The van der Waals surface area contributed by atoms with Crippen molar-refractivity contribution < 1.29 is 9.66 Å². The Labute approximate surface area is 107 Å². The lowest BCUT2D eigenvalue weighted by Crippen LogP contribution is -2.18. The fourth-order valence-electron chi connectivity index (χ4n) is 1.59. The van der Waals surface area contributed by atoms with Crippen LogP contribution in [0.15, 0.2) is 11.2 Å². The fraction of sp³-hybridized carbons (Fsp3) is 0.556. The lowest BCUT2D eigenvalue weighted by molar-refractivity contribution is -0.388. The third kappa shape index (κ3) is 3.06. The summed E-state index contributed by atoms with van der Waals surface area (Å²) in [6, 6.07) is 0. The zero-order chi connectivity index (χ0) is 13.0. The van der Waals surface area contributed by atoms with E-state index in [9.17, 15) is 10.1 Å².